The minimum atomic E-state index is 0.886. The van der Waals surface area contributed by atoms with Gasteiger partial charge in [-0.15, -0.1) is 22.7 Å². The van der Waals surface area contributed by atoms with Crippen molar-refractivity contribution >= 4 is 146 Å². The maximum absolute atomic E-state index is 7.53. The number of para-hydroxylation sites is 4. The molecule has 308 valence electrons. The largest absolute Gasteiger partial charge is 0.455 e. The van der Waals surface area contributed by atoms with Gasteiger partial charge in [0.1, 0.15) is 11.2 Å². The number of hydrogen-bond donors (Lipinski definition) is 0. The average molecular weight is 878 g/mol. The highest BCUT2D eigenvalue weighted by atomic mass is 32.1. The minimum Gasteiger partial charge on any atom is -0.455 e. The van der Waals surface area contributed by atoms with E-state index >= 15 is 0 Å². The van der Waals surface area contributed by atoms with Gasteiger partial charge in [-0.25, -0.2) is 0 Å². The SMILES string of the molecule is c1ccc(N(c2ccccc2)c2cc3c4ccc5c(c6ccccc6n5-c5ccc6sc7ccccc7c6c5)c4oc3c3c4ccccc4n(-c4ccc5sc6ccccc6c5c4)c23)cc1. The molecule has 0 aliphatic carbocycles. The van der Waals surface area contributed by atoms with E-state index in [1.807, 2.05) is 22.7 Å². The van der Waals surface area contributed by atoms with E-state index in [0.29, 0.717) is 0 Å². The van der Waals surface area contributed by atoms with Crippen molar-refractivity contribution in [2.45, 2.75) is 0 Å². The molecule has 0 bridgehead atoms. The average Bonchev–Trinajstić information content (AvgIpc) is 4.19. The predicted octanol–water partition coefficient (Wildman–Crippen LogP) is 18.0. The highest BCUT2D eigenvalue weighted by Crippen LogP contribution is 2.51. The Morgan fingerprint density at radius 3 is 1.44 bits per heavy atom. The molecule has 0 unspecified atom stereocenters. The van der Waals surface area contributed by atoms with E-state index in [1.165, 1.54) is 40.3 Å². The van der Waals surface area contributed by atoms with Crippen LogP contribution in [0.15, 0.2) is 217 Å². The maximum Gasteiger partial charge on any atom is 0.145 e. The van der Waals surface area contributed by atoms with Crippen molar-refractivity contribution in [2.75, 3.05) is 4.90 Å². The van der Waals surface area contributed by atoms with E-state index in [9.17, 15) is 0 Å². The molecule has 15 rings (SSSR count). The summed E-state index contributed by atoms with van der Waals surface area (Å²) >= 11 is 3.70. The summed E-state index contributed by atoms with van der Waals surface area (Å²) in [6.45, 7) is 0. The van der Waals surface area contributed by atoms with E-state index in [4.69, 9.17) is 4.42 Å². The number of benzene rings is 10. The van der Waals surface area contributed by atoms with Crippen LogP contribution in [0.2, 0.25) is 0 Å². The zero-order chi connectivity index (χ0) is 43.0. The molecule has 0 atom stereocenters. The Kier molecular flexibility index (Phi) is 7.50. The Bertz CT molecular complexity index is 4430. The molecule has 6 heteroatoms. The molecule has 4 nitrogen and oxygen atoms in total. The zero-order valence-corrected chi connectivity index (χ0v) is 36.9. The van der Waals surface area contributed by atoms with Crippen molar-refractivity contribution in [1.82, 2.24) is 9.13 Å². The lowest BCUT2D eigenvalue weighted by Gasteiger charge is -2.27. The molecule has 15 aromatic rings. The van der Waals surface area contributed by atoms with Crippen LogP contribution in [0.25, 0.3) is 117 Å². The van der Waals surface area contributed by atoms with Crippen LogP contribution < -0.4 is 4.90 Å². The fraction of sp³-hybridized carbons (Fsp3) is 0. The van der Waals surface area contributed by atoms with Crippen molar-refractivity contribution in [1.29, 1.82) is 0 Å². The van der Waals surface area contributed by atoms with Crippen molar-refractivity contribution in [2.24, 2.45) is 0 Å². The normalized spacial score (nSPS) is 12.2. The van der Waals surface area contributed by atoms with Gasteiger partial charge < -0.3 is 18.5 Å². The van der Waals surface area contributed by atoms with Crippen molar-refractivity contribution < 1.29 is 4.42 Å². The third-order valence-corrected chi connectivity index (χ3v) is 16.0. The number of thiophene rings is 2. The number of fused-ring (bicyclic) bond motifs is 17. The molecule has 5 aromatic heterocycles. The molecule has 0 aliphatic rings. The lowest BCUT2D eigenvalue weighted by Crippen LogP contribution is -2.11. The highest BCUT2D eigenvalue weighted by molar-refractivity contribution is 7.26. The van der Waals surface area contributed by atoms with Crippen LogP contribution >= 0.6 is 22.7 Å². The molecule has 66 heavy (non-hydrogen) atoms. The van der Waals surface area contributed by atoms with Crippen LogP contribution in [0.1, 0.15) is 0 Å². The Labute approximate surface area is 385 Å². The second-order valence-corrected chi connectivity index (χ2v) is 19.4. The van der Waals surface area contributed by atoms with E-state index in [-0.39, 0.29) is 0 Å². The third kappa shape index (κ3) is 5.02. The monoisotopic (exact) mass is 877 g/mol. The molecule has 0 spiro atoms. The molecule has 0 aliphatic heterocycles. The van der Waals surface area contributed by atoms with Gasteiger partial charge >= 0.3 is 0 Å². The summed E-state index contributed by atoms with van der Waals surface area (Å²) in [5, 5.41) is 11.8. The van der Waals surface area contributed by atoms with Crippen molar-refractivity contribution in [3.63, 3.8) is 0 Å². The van der Waals surface area contributed by atoms with Crippen LogP contribution in [0.3, 0.4) is 0 Å². The highest BCUT2D eigenvalue weighted by Gasteiger charge is 2.28. The molecule has 0 fully saturated rings. The number of hydrogen-bond acceptors (Lipinski definition) is 4. The maximum atomic E-state index is 7.53. The Morgan fingerprint density at radius 2 is 0.818 bits per heavy atom. The van der Waals surface area contributed by atoms with Crippen molar-refractivity contribution in [3.05, 3.63) is 212 Å². The Hall–Kier alpha value is -8.16. The van der Waals surface area contributed by atoms with Gasteiger partial charge in [-0.2, -0.15) is 0 Å². The van der Waals surface area contributed by atoms with Gasteiger partial charge in [0.15, 0.2) is 0 Å². The Morgan fingerprint density at radius 1 is 0.333 bits per heavy atom. The first kappa shape index (κ1) is 36.2. The molecule has 0 saturated heterocycles. The minimum absolute atomic E-state index is 0.886. The first-order valence-electron chi connectivity index (χ1n) is 22.3. The van der Waals surface area contributed by atoms with Gasteiger partial charge in [-0.3, -0.25) is 0 Å². The van der Waals surface area contributed by atoms with E-state index in [0.717, 1.165) is 94.0 Å². The number of anilines is 3. The van der Waals surface area contributed by atoms with Crippen LogP contribution in [0.5, 0.6) is 0 Å². The number of aromatic nitrogens is 2. The summed E-state index contributed by atoms with van der Waals surface area (Å²) in [7, 11) is 0. The first-order valence-corrected chi connectivity index (χ1v) is 24.0. The van der Waals surface area contributed by atoms with Gasteiger partial charge in [0, 0.05) is 84.6 Å². The summed E-state index contributed by atoms with van der Waals surface area (Å²) in [6, 6.07) is 77.6. The number of nitrogens with zero attached hydrogens (tertiary/aromatic N) is 3. The molecule has 0 N–H and O–H groups in total. The van der Waals surface area contributed by atoms with Gasteiger partial charge in [-0.1, -0.05) is 109 Å². The zero-order valence-electron chi connectivity index (χ0n) is 35.3. The molecule has 10 aromatic carbocycles. The molecule has 0 radical (unpaired) electrons. The van der Waals surface area contributed by atoms with Crippen LogP contribution in [0, 0.1) is 0 Å². The predicted molar refractivity (Wildman–Crippen MR) is 283 cm³/mol. The third-order valence-electron chi connectivity index (χ3n) is 13.7. The van der Waals surface area contributed by atoms with Crippen LogP contribution in [0.4, 0.5) is 17.1 Å². The van der Waals surface area contributed by atoms with Gasteiger partial charge in [0.2, 0.25) is 0 Å². The van der Waals surface area contributed by atoms with Crippen LogP contribution in [-0.2, 0) is 0 Å². The fourth-order valence-electron chi connectivity index (χ4n) is 10.9. The molecular weight excluding hydrogens is 843 g/mol. The van der Waals surface area contributed by atoms with E-state index in [1.54, 1.807) is 0 Å². The number of rotatable bonds is 5. The molecule has 5 heterocycles. The smallest absolute Gasteiger partial charge is 0.145 e. The summed E-state index contributed by atoms with van der Waals surface area (Å²) in [5.74, 6) is 0. The van der Waals surface area contributed by atoms with Crippen LogP contribution in [-0.4, -0.2) is 9.13 Å². The standard InChI is InChI=1S/C60H35N3OS2/c1-3-15-36(16-4-1)61(37-17-5-2-6-18-37)51-35-47-42-29-30-50-56(43-21-7-11-23-48(43)62(50)38-27-31-54-45(33-38)40-19-9-13-25-52(40)65-54)59(42)64-60(47)57-44-22-8-12-24-49(44)63(58(51)57)39-28-32-55-46(34-39)41-20-10-14-26-53(41)66-55/h1-35H. The first-order chi connectivity index (χ1) is 32.7. The van der Waals surface area contributed by atoms with Gasteiger partial charge in [0.25, 0.3) is 0 Å². The van der Waals surface area contributed by atoms with E-state index in [2.05, 4.69) is 226 Å². The fourth-order valence-corrected chi connectivity index (χ4v) is 13.0. The lowest BCUT2D eigenvalue weighted by molar-refractivity contribution is 0.677. The molecule has 0 amide bonds. The van der Waals surface area contributed by atoms with Gasteiger partial charge in [0.05, 0.1) is 38.5 Å². The lowest BCUT2D eigenvalue weighted by atomic mass is 10.0. The quantitative estimate of drug-likeness (QED) is 0.172. The summed E-state index contributed by atoms with van der Waals surface area (Å²) in [4.78, 5) is 2.42. The van der Waals surface area contributed by atoms with Gasteiger partial charge in [-0.05, 0) is 103 Å². The summed E-state index contributed by atoms with van der Waals surface area (Å²) in [5.41, 5.74) is 11.7. The molecular formula is C60H35N3OS2. The summed E-state index contributed by atoms with van der Waals surface area (Å²) < 4.78 is 17.6. The topological polar surface area (TPSA) is 26.2 Å². The second-order valence-electron chi connectivity index (χ2n) is 17.2. The van der Waals surface area contributed by atoms with Crippen molar-refractivity contribution in [3.8, 4) is 11.4 Å². The van der Waals surface area contributed by atoms with E-state index < -0.39 is 0 Å². The second kappa shape index (κ2) is 13.7. The summed E-state index contributed by atoms with van der Waals surface area (Å²) in [6.07, 6.45) is 0. The number of furan rings is 1. The molecule has 0 saturated carbocycles. The Balaban J connectivity index is 1.09.